The number of anilines is 1. The number of amides is 1. The molecule has 6 heteroatoms. The van der Waals surface area contributed by atoms with Crippen molar-refractivity contribution in [1.82, 2.24) is 9.55 Å². The summed E-state index contributed by atoms with van der Waals surface area (Å²) in [6, 6.07) is 17.7. The number of nitrogens with zero attached hydrogens (tertiary/aromatic N) is 2. The van der Waals surface area contributed by atoms with E-state index in [1.54, 1.807) is 24.2 Å². The standard InChI is InChI=1S/C24H23N3O2S/c1-17-13-23(18(2)27(17)15-21-6-4-12-29-21)24(28)26-20-7-9-22(10-8-20)30-16-19-5-3-11-25-14-19/h3-14H,15-16H2,1-2H3,(H,26,28). The van der Waals surface area contributed by atoms with Crippen LogP contribution in [-0.2, 0) is 12.3 Å². The minimum Gasteiger partial charge on any atom is -0.467 e. The number of aryl methyl sites for hydroxylation is 1. The molecule has 0 radical (unpaired) electrons. The number of rotatable bonds is 7. The van der Waals surface area contributed by atoms with Crippen molar-refractivity contribution in [1.29, 1.82) is 0 Å². The Morgan fingerprint density at radius 1 is 1.13 bits per heavy atom. The molecule has 0 saturated heterocycles. The van der Waals surface area contributed by atoms with E-state index in [1.165, 1.54) is 5.56 Å². The van der Waals surface area contributed by atoms with Gasteiger partial charge in [-0.3, -0.25) is 9.78 Å². The highest BCUT2D eigenvalue weighted by Crippen LogP contribution is 2.25. The van der Waals surface area contributed by atoms with Crippen LogP contribution in [0.5, 0.6) is 0 Å². The van der Waals surface area contributed by atoms with Gasteiger partial charge in [0.25, 0.3) is 5.91 Å². The van der Waals surface area contributed by atoms with Crippen LogP contribution in [0.1, 0.15) is 33.1 Å². The van der Waals surface area contributed by atoms with E-state index in [9.17, 15) is 4.79 Å². The highest BCUT2D eigenvalue weighted by molar-refractivity contribution is 7.98. The lowest BCUT2D eigenvalue weighted by molar-refractivity contribution is 0.102. The van der Waals surface area contributed by atoms with E-state index in [0.29, 0.717) is 12.1 Å². The molecule has 0 bridgehead atoms. The average molecular weight is 418 g/mol. The number of aromatic nitrogens is 2. The van der Waals surface area contributed by atoms with Gasteiger partial charge < -0.3 is 14.3 Å². The number of nitrogens with one attached hydrogen (secondary N) is 1. The van der Waals surface area contributed by atoms with E-state index in [0.717, 1.165) is 33.5 Å². The van der Waals surface area contributed by atoms with E-state index >= 15 is 0 Å². The van der Waals surface area contributed by atoms with Crippen LogP contribution in [0.25, 0.3) is 0 Å². The van der Waals surface area contributed by atoms with Crippen LogP contribution in [0.15, 0.2) is 82.6 Å². The number of hydrogen-bond acceptors (Lipinski definition) is 4. The highest BCUT2D eigenvalue weighted by Gasteiger charge is 2.16. The molecule has 0 atom stereocenters. The van der Waals surface area contributed by atoms with Crippen molar-refractivity contribution in [3.63, 3.8) is 0 Å². The Bertz CT molecular complexity index is 1120. The molecule has 5 nitrogen and oxygen atoms in total. The second kappa shape index (κ2) is 9.05. The van der Waals surface area contributed by atoms with Gasteiger partial charge in [0, 0.05) is 40.1 Å². The minimum atomic E-state index is -0.107. The number of hydrogen-bond donors (Lipinski definition) is 1. The van der Waals surface area contributed by atoms with Crippen molar-refractivity contribution in [2.45, 2.75) is 31.0 Å². The molecule has 0 spiro atoms. The molecular formula is C24H23N3O2S. The molecule has 1 amide bonds. The number of carbonyl (C=O) groups excluding carboxylic acids is 1. The SMILES string of the molecule is Cc1cc(C(=O)Nc2ccc(SCc3cccnc3)cc2)c(C)n1Cc1ccco1. The van der Waals surface area contributed by atoms with E-state index in [1.807, 2.05) is 68.6 Å². The normalized spacial score (nSPS) is 10.9. The first-order valence-corrected chi connectivity index (χ1v) is 10.7. The predicted molar refractivity (Wildman–Crippen MR) is 120 cm³/mol. The fourth-order valence-corrected chi connectivity index (χ4v) is 4.15. The molecule has 152 valence electrons. The molecule has 4 aromatic rings. The maximum atomic E-state index is 12.8. The molecule has 3 heterocycles. The third-order valence-corrected chi connectivity index (χ3v) is 6.04. The van der Waals surface area contributed by atoms with E-state index in [-0.39, 0.29) is 5.91 Å². The summed E-state index contributed by atoms with van der Waals surface area (Å²) in [5.41, 5.74) is 4.58. The molecule has 0 aliphatic carbocycles. The summed E-state index contributed by atoms with van der Waals surface area (Å²) in [6.07, 6.45) is 5.32. The van der Waals surface area contributed by atoms with E-state index in [2.05, 4.69) is 20.9 Å². The lowest BCUT2D eigenvalue weighted by Crippen LogP contribution is -2.13. The van der Waals surface area contributed by atoms with Crippen LogP contribution >= 0.6 is 11.8 Å². The third-order valence-electron chi connectivity index (χ3n) is 4.95. The second-order valence-corrected chi connectivity index (χ2v) is 8.13. The largest absolute Gasteiger partial charge is 0.467 e. The lowest BCUT2D eigenvalue weighted by atomic mass is 10.2. The Labute approximate surface area is 180 Å². The van der Waals surface area contributed by atoms with Crippen LogP contribution < -0.4 is 5.32 Å². The smallest absolute Gasteiger partial charge is 0.257 e. The van der Waals surface area contributed by atoms with Crippen molar-refractivity contribution >= 4 is 23.4 Å². The Kier molecular flexibility index (Phi) is 6.05. The van der Waals surface area contributed by atoms with Gasteiger partial charge in [-0.1, -0.05) is 6.07 Å². The summed E-state index contributed by atoms with van der Waals surface area (Å²) in [5.74, 6) is 1.62. The first kappa shape index (κ1) is 20.0. The van der Waals surface area contributed by atoms with Crippen LogP contribution in [-0.4, -0.2) is 15.5 Å². The number of furan rings is 1. The zero-order valence-corrected chi connectivity index (χ0v) is 17.8. The quantitative estimate of drug-likeness (QED) is 0.393. The molecule has 3 aromatic heterocycles. The highest BCUT2D eigenvalue weighted by atomic mass is 32.2. The summed E-state index contributed by atoms with van der Waals surface area (Å²) in [7, 11) is 0. The van der Waals surface area contributed by atoms with Gasteiger partial charge in [-0.15, -0.1) is 11.8 Å². The zero-order chi connectivity index (χ0) is 20.9. The Hall–Kier alpha value is -3.25. The van der Waals surface area contributed by atoms with Gasteiger partial charge in [0.15, 0.2) is 0 Å². The molecular weight excluding hydrogens is 394 g/mol. The fourth-order valence-electron chi connectivity index (χ4n) is 3.32. The number of pyridine rings is 1. The number of thioether (sulfide) groups is 1. The molecule has 0 aliphatic rings. The summed E-state index contributed by atoms with van der Waals surface area (Å²) in [5, 5.41) is 3.00. The predicted octanol–water partition coefficient (Wildman–Crippen LogP) is 5.69. The Balaban J connectivity index is 1.40. The molecule has 1 aromatic carbocycles. The maximum absolute atomic E-state index is 12.8. The van der Waals surface area contributed by atoms with Crippen molar-refractivity contribution < 1.29 is 9.21 Å². The van der Waals surface area contributed by atoms with E-state index in [4.69, 9.17) is 4.42 Å². The molecule has 0 fully saturated rings. The van der Waals surface area contributed by atoms with Crippen molar-refractivity contribution in [3.8, 4) is 0 Å². The molecule has 0 aliphatic heterocycles. The Morgan fingerprint density at radius 2 is 1.97 bits per heavy atom. The van der Waals surface area contributed by atoms with Crippen molar-refractivity contribution in [2.24, 2.45) is 0 Å². The summed E-state index contributed by atoms with van der Waals surface area (Å²) >= 11 is 1.74. The van der Waals surface area contributed by atoms with Gasteiger partial charge in [-0.25, -0.2) is 0 Å². The van der Waals surface area contributed by atoms with Gasteiger partial charge in [-0.05, 0) is 67.9 Å². The molecule has 1 N–H and O–H groups in total. The van der Waals surface area contributed by atoms with Crippen LogP contribution in [0.2, 0.25) is 0 Å². The monoisotopic (exact) mass is 417 g/mol. The maximum Gasteiger partial charge on any atom is 0.257 e. The molecule has 4 rings (SSSR count). The summed E-state index contributed by atoms with van der Waals surface area (Å²) < 4.78 is 7.53. The van der Waals surface area contributed by atoms with Gasteiger partial charge >= 0.3 is 0 Å². The first-order valence-electron chi connectivity index (χ1n) is 9.72. The second-order valence-electron chi connectivity index (χ2n) is 7.08. The van der Waals surface area contributed by atoms with Crippen LogP contribution in [0.3, 0.4) is 0 Å². The first-order chi connectivity index (χ1) is 14.6. The van der Waals surface area contributed by atoms with Crippen molar-refractivity contribution in [3.05, 3.63) is 102 Å². The Morgan fingerprint density at radius 3 is 2.67 bits per heavy atom. The summed E-state index contributed by atoms with van der Waals surface area (Å²) in [4.78, 5) is 18.1. The minimum absolute atomic E-state index is 0.107. The zero-order valence-electron chi connectivity index (χ0n) is 17.0. The van der Waals surface area contributed by atoms with Crippen molar-refractivity contribution in [2.75, 3.05) is 5.32 Å². The number of carbonyl (C=O) groups is 1. The summed E-state index contributed by atoms with van der Waals surface area (Å²) in [6.45, 7) is 4.57. The van der Waals surface area contributed by atoms with Crippen LogP contribution in [0, 0.1) is 13.8 Å². The molecule has 0 unspecified atom stereocenters. The average Bonchev–Trinajstić information content (AvgIpc) is 3.38. The molecule has 30 heavy (non-hydrogen) atoms. The van der Waals surface area contributed by atoms with Gasteiger partial charge in [0.1, 0.15) is 5.76 Å². The van der Waals surface area contributed by atoms with Crippen LogP contribution in [0.4, 0.5) is 5.69 Å². The lowest BCUT2D eigenvalue weighted by Gasteiger charge is -2.09. The fraction of sp³-hybridized carbons (Fsp3) is 0.167. The molecule has 0 saturated carbocycles. The van der Waals surface area contributed by atoms with Gasteiger partial charge in [0.2, 0.25) is 0 Å². The third kappa shape index (κ3) is 4.66. The van der Waals surface area contributed by atoms with Gasteiger partial charge in [-0.2, -0.15) is 0 Å². The number of benzene rings is 1. The van der Waals surface area contributed by atoms with E-state index < -0.39 is 0 Å². The van der Waals surface area contributed by atoms with Gasteiger partial charge in [0.05, 0.1) is 18.4 Å². The topological polar surface area (TPSA) is 60.1 Å².